The van der Waals surface area contributed by atoms with Crippen LogP contribution >= 0.6 is 31.9 Å². The minimum Gasteiger partial charge on any atom is -0.316 e. The molecule has 4 heteroatoms. The van der Waals surface area contributed by atoms with Gasteiger partial charge in [-0.25, -0.2) is 4.39 Å². The predicted octanol–water partition coefficient (Wildman–Crippen LogP) is 4.72. The summed E-state index contributed by atoms with van der Waals surface area (Å²) in [4.78, 5) is 0. The summed E-state index contributed by atoms with van der Waals surface area (Å²) in [6.45, 7) is 0. The lowest BCUT2D eigenvalue weighted by molar-refractivity contribution is 0.552. The van der Waals surface area contributed by atoms with Crippen molar-refractivity contribution in [1.82, 2.24) is 5.32 Å². The molecule has 0 saturated carbocycles. The lowest BCUT2D eigenvalue weighted by atomic mass is 9.99. The predicted molar refractivity (Wildman–Crippen MR) is 88.5 cm³/mol. The molecule has 1 nitrogen and oxygen atoms in total. The Morgan fingerprint density at radius 3 is 2.50 bits per heavy atom. The van der Waals surface area contributed by atoms with E-state index in [1.165, 1.54) is 11.6 Å². The van der Waals surface area contributed by atoms with E-state index in [4.69, 9.17) is 0 Å². The van der Waals surface area contributed by atoms with Gasteiger partial charge in [0.05, 0.1) is 0 Å². The first kappa shape index (κ1) is 15.7. The molecule has 0 aliphatic heterocycles. The maximum Gasteiger partial charge on any atom is 0.124 e. The fourth-order valence-corrected chi connectivity index (χ4v) is 3.18. The summed E-state index contributed by atoms with van der Waals surface area (Å²) in [6, 6.07) is 13.5. The molecule has 0 fully saturated rings. The highest BCUT2D eigenvalue weighted by Crippen LogP contribution is 2.20. The van der Waals surface area contributed by atoms with Crippen molar-refractivity contribution >= 4 is 31.9 Å². The zero-order valence-electron chi connectivity index (χ0n) is 11.2. The van der Waals surface area contributed by atoms with Crippen LogP contribution in [0, 0.1) is 5.82 Å². The van der Waals surface area contributed by atoms with E-state index < -0.39 is 0 Å². The molecule has 0 spiro atoms. The number of nitrogens with one attached hydrogen (secondary N) is 1. The molecule has 0 amide bonds. The van der Waals surface area contributed by atoms with E-state index in [9.17, 15) is 4.39 Å². The van der Waals surface area contributed by atoms with Crippen molar-refractivity contribution in [3.63, 3.8) is 0 Å². The zero-order chi connectivity index (χ0) is 14.5. The van der Waals surface area contributed by atoms with Crippen molar-refractivity contribution in [3.8, 4) is 0 Å². The van der Waals surface area contributed by atoms with Crippen molar-refractivity contribution in [2.75, 3.05) is 7.05 Å². The third-order valence-corrected chi connectivity index (χ3v) is 4.47. The normalized spacial score (nSPS) is 12.4. The van der Waals surface area contributed by atoms with E-state index in [1.54, 1.807) is 6.07 Å². The summed E-state index contributed by atoms with van der Waals surface area (Å²) in [5.74, 6) is -0.204. The number of halogens is 3. The molecular formula is C16H16Br2FN. The van der Waals surface area contributed by atoms with Gasteiger partial charge in [0.2, 0.25) is 0 Å². The number of hydrogen-bond acceptors (Lipinski definition) is 1. The SMILES string of the molecule is CNC(Cc1cc(F)cc(Br)c1)Cc1ccccc1Br. The van der Waals surface area contributed by atoms with E-state index >= 15 is 0 Å². The minimum absolute atomic E-state index is 0.204. The summed E-state index contributed by atoms with van der Waals surface area (Å²) in [7, 11) is 1.94. The molecule has 2 aromatic carbocycles. The molecule has 1 atom stereocenters. The topological polar surface area (TPSA) is 12.0 Å². The third kappa shape index (κ3) is 4.40. The minimum atomic E-state index is -0.204. The molecule has 0 radical (unpaired) electrons. The van der Waals surface area contributed by atoms with E-state index in [0.29, 0.717) is 0 Å². The van der Waals surface area contributed by atoms with Gasteiger partial charge in [0, 0.05) is 15.0 Å². The summed E-state index contributed by atoms with van der Waals surface area (Å²) >= 11 is 6.90. The van der Waals surface area contributed by atoms with Gasteiger partial charge in [0.1, 0.15) is 5.82 Å². The molecule has 0 heterocycles. The highest BCUT2D eigenvalue weighted by molar-refractivity contribution is 9.10. The van der Waals surface area contributed by atoms with Crippen molar-refractivity contribution in [2.45, 2.75) is 18.9 Å². The van der Waals surface area contributed by atoms with Gasteiger partial charge in [-0.3, -0.25) is 0 Å². The Morgan fingerprint density at radius 2 is 1.85 bits per heavy atom. The van der Waals surface area contributed by atoms with Crippen LogP contribution in [0.15, 0.2) is 51.4 Å². The summed E-state index contributed by atoms with van der Waals surface area (Å²) < 4.78 is 15.3. The Hall–Kier alpha value is -0.710. The van der Waals surface area contributed by atoms with Gasteiger partial charge in [0.25, 0.3) is 0 Å². The first-order valence-corrected chi connectivity index (χ1v) is 8.02. The van der Waals surface area contributed by atoms with Crippen LogP contribution in [0.3, 0.4) is 0 Å². The van der Waals surface area contributed by atoms with Gasteiger partial charge in [-0.2, -0.15) is 0 Å². The molecule has 2 aromatic rings. The fourth-order valence-electron chi connectivity index (χ4n) is 2.22. The second-order valence-corrected chi connectivity index (χ2v) is 6.53. The lowest BCUT2D eigenvalue weighted by Gasteiger charge is -2.17. The quantitative estimate of drug-likeness (QED) is 0.765. The fraction of sp³-hybridized carbons (Fsp3) is 0.250. The molecular weight excluding hydrogens is 385 g/mol. The van der Waals surface area contributed by atoms with Crippen LogP contribution in [0.25, 0.3) is 0 Å². The molecule has 0 aliphatic rings. The van der Waals surface area contributed by atoms with E-state index in [-0.39, 0.29) is 11.9 Å². The molecule has 0 aliphatic carbocycles. The summed E-state index contributed by atoms with van der Waals surface area (Å²) in [5, 5.41) is 3.31. The maximum atomic E-state index is 13.4. The van der Waals surface area contributed by atoms with Crippen LogP contribution < -0.4 is 5.32 Å². The molecule has 106 valence electrons. The van der Waals surface area contributed by atoms with Crippen LogP contribution in [0.5, 0.6) is 0 Å². The van der Waals surface area contributed by atoms with Crippen LogP contribution in [-0.4, -0.2) is 13.1 Å². The third-order valence-electron chi connectivity index (χ3n) is 3.24. The number of benzene rings is 2. The van der Waals surface area contributed by atoms with Gasteiger partial charge in [-0.05, 0) is 55.3 Å². The monoisotopic (exact) mass is 399 g/mol. The van der Waals surface area contributed by atoms with Crippen LogP contribution in [0.4, 0.5) is 4.39 Å². The second kappa shape index (κ2) is 7.34. The van der Waals surface area contributed by atoms with Gasteiger partial charge in [-0.1, -0.05) is 50.1 Å². The average molecular weight is 401 g/mol. The van der Waals surface area contributed by atoms with Crippen LogP contribution in [-0.2, 0) is 12.8 Å². The number of likely N-dealkylation sites (N-methyl/N-ethyl adjacent to an activating group) is 1. The maximum absolute atomic E-state index is 13.4. The molecule has 0 bridgehead atoms. The molecule has 2 rings (SSSR count). The van der Waals surface area contributed by atoms with Crippen molar-refractivity contribution in [3.05, 3.63) is 68.4 Å². The standard InChI is InChI=1S/C16H16Br2FN/c1-20-15(9-12-4-2-3-5-16(12)18)8-11-6-13(17)10-14(19)7-11/h2-7,10,15,20H,8-9H2,1H3. The molecule has 1 N–H and O–H groups in total. The Morgan fingerprint density at radius 1 is 1.10 bits per heavy atom. The summed E-state index contributed by atoms with van der Waals surface area (Å²) in [6.07, 6.45) is 1.68. The average Bonchev–Trinajstić information content (AvgIpc) is 2.39. The van der Waals surface area contributed by atoms with Gasteiger partial charge < -0.3 is 5.32 Å². The molecule has 0 saturated heterocycles. The Kier molecular flexibility index (Phi) is 5.75. The van der Waals surface area contributed by atoms with E-state index in [1.807, 2.05) is 31.3 Å². The number of rotatable bonds is 5. The van der Waals surface area contributed by atoms with Crippen LogP contribution in [0.2, 0.25) is 0 Å². The number of hydrogen-bond donors (Lipinski definition) is 1. The van der Waals surface area contributed by atoms with Gasteiger partial charge in [0.15, 0.2) is 0 Å². The van der Waals surface area contributed by atoms with E-state index in [0.717, 1.165) is 27.4 Å². The van der Waals surface area contributed by atoms with Gasteiger partial charge in [-0.15, -0.1) is 0 Å². The highest BCUT2D eigenvalue weighted by atomic mass is 79.9. The Labute approximate surface area is 135 Å². The van der Waals surface area contributed by atoms with Gasteiger partial charge >= 0.3 is 0 Å². The Balaban J connectivity index is 2.11. The first-order chi connectivity index (χ1) is 9.58. The molecule has 20 heavy (non-hydrogen) atoms. The summed E-state index contributed by atoms with van der Waals surface area (Å²) in [5.41, 5.74) is 2.24. The molecule has 0 aromatic heterocycles. The van der Waals surface area contributed by atoms with Crippen molar-refractivity contribution in [1.29, 1.82) is 0 Å². The van der Waals surface area contributed by atoms with E-state index in [2.05, 4.69) is 43.2 Å². The Bertz CT molecular complexity index is 566. The largest absolute Gasteiger partial charge is 0.316 e. The lowest BCUT2D eigenvalue weighted by Crippen LogP contribution is -2.30. The molecule has 1 unspecified atom stereocenters. The smallest absolute Gasteiger partial charge is 0.124 e. The second-order valence-electron chi connectivity index (χ2n) is 4.76. The van der Waals surface area contributed by atoms with Crippen LogP contribution in [0.1, 0.15) is 11.1 Å². The first-order valence-electron chi connectivity index (χ1n) is 6.44. The highest BCUT2D eigenvalue weighted by Gasteiger charge is 2.11. The van der Waals surface area contributed by atoms with Crippen molar-refractivity contribution < 1.29 is 4.39 Å². The van der Waals surface area contributed by atoms with Crippen molar-refractivity contribution in [2.24, 2.45) is 0 Å². The zero-order valence-corrected chi connectivity index (χ0v) is 14.3.